The van der Waals surface area contributed by atoms with Crippen molar-refractivity contribution in [3.05, 3.63) is 24.2 Å². The molecule has 3 heterocycles. The fourth-order valence-corrected chi connectivity index (χ4v) is 6.54. The molecule has 10 heteroatoms. The lowest BCUT2D eigenvalue weighted by atomic mass is 9.88. The fourth-order valence-electron chi connectivity index (χ4n) is 5.46. The number of rotatable bonds is 6. The van der Waals surface area contributed by atoms with Crippen molar-refractivity contribution in [3.63, 3.8) is 0 Å². The third kappa shape index (κ3) is 5.76. The minimum atomic E-state index is -0.592. The summed E-state index contributed by atoms with van der Waals surface area (Å²) in [5, 5.41) is 3.13. The zero-order chi connectivity index (χ0) is 24.1. The molecule has 3 N–H and O–H groups in total. The van der Waals surface area contributed by atoms with Crippen LogP contribution in [0.25, 0.3) is 0 Å². The van der Waals surface area contributed by atoms with Gasteiger partial charge < -0.3 is 20.7 Å². The van der Waals surface area contributed by atoms with Crippen molar-refractivity contribution < 1.29 is 23.5 Å². The molecule has 8 nitrogen and oxygen atoms in total. The van der Waals surface area contributed by atoms with Gasteiger partial charge in [0.05, 0.1) is 25.0 Å². The third-order valence-corrected chi connectivity index (χ3v) is 8.42. The summed E-state index contributed by atoms with van der Waals surface area (Å²) in [6, 6.07) is -0.815. The monoisotopic (exact) mass is 494 g/mol. The highest BCUT2D eigenvalue weighted by Gasteiger charge is 2.45. The fraction of sp³-hybridized carbons (Fsp3) is 0.708. The molecule has 0 spiro atoms. The van der Waals surface area contributed by atoms with Crippen molar-refractivity contribution in [2.24, 2.45) is 11.7 Å². The number of hydrogen-bond acceptors (Lipinski definition) is 6. The number of carbonyl (C=O) groups is 3. The molecule has 4 fully saturated rings. The summed E-state index contributed by atoms with van der Waals surface area (Å²) in [7, 11) is 0. The van der Waals surface area contributed by atoms with Crippen LogP contribution in [0.5, 0.6) is 0 Å². The standard InChI is InChI=1S/C24H35FN4O4S/c25-17(14-26)1-4-21-13-22(30)29(24(32)28(21)20-8-11-34-12-9-20)19-5-2-18(3-6-19)27-23(31)16-7-10-33-15-16/h1,4,14,16,18-21H,2-3,5-13,15,26H2,(H,27,31)/b4-1-,17-14+. The van der Waals surface area contributed by atoms with Crippen LogP contribution < -0.4 is 11.1 Å². The number of hydrogen-bond donors (Lipinski definition) is 2. The first-order valence-electron chi connectivity index (χ1n) is 12.3. The van der Waals surface area contributed by atoms with E-state index in [1.54, 1.807) is 11.0 Å². The number of nitrogens with zero attached hydrogens (tertiary/aromatic N) is 2. The van der Waals surface area contributed by atoms with E-state index in [1.807, 2.05) is 11.8 Å². The van der Waals surface area contributed by atoms with Crippen LogP contribution in [-0.2, 0) is 14.3 Å². The van der Waals surface area contributed by atoms with Gasteiger partial charge in [-0.15, -0.1) is 0 Å². The Balaban J connectivity index is 1.41. The molecule has 0 radical (unpaired) electrons. The van der Waals surface area contributed by atoms with E-state index < -0.39 is 11.9 Å². The number of imide groups is 1. The van der Waals surface area contributed by atoms with Crippen LogP contribution in [0.2, 0.25) is 0 Å². The van der Waals surface area contributed by atoms with Gasteiger partial charge in [0.15, 0.2) is 0 Å². The molecule has 1 saturated carbocycles. The number of halogens is 1. The summed E-state index contributed by atoms with van der Waals surface area (Å²) in [4.78, 5) is 42.5. The number of ether oxygens (including phenoxy) is 1. The van der Waals surface area contributed by atoms with E-state index in [-0.39, 0.29) is 48.3 Å². The normalized spacial score (nSPS) is 32.0. The average Bonchev–Trinajstić information content (AvgIpc) is 3.39. The van der Waals surface area contributed by atoms with E-state index in [0.717, 1.165) is 49.8 Å². The molecule has 4 amide bonds. The first kappa shape index (κ1) is 25.0. The van der Waals surface area contributed by atoms with Crippen molar-refractivity contribution in [1.29, 1.82) is 0 Å². The quantitative estimate of drug-likeness (QED) is 0.550. The molecule has 2 atom stereocenters. The molecule has 2 unspecified atom stereocenters. The lowest BCUT2D eigenvalue weighted by Gasteiger charge is -2.47. The molecule has 188 valence electrons. The van der Waals surface area contributed by atoms with E-state index in [1.165, 1.54) is 11.0 Å². The van der Waals surface area contributed by atoms with Crippen LogP contribution in [0.4, 0.5) is 9.18 Å². The van der Waals surface area contributed by atoms with E-state index in [0.29, 0.717) is 26.1 Å². The predicted molar refractivity (Wildman–Crippen MR) is 128 cm³/mol. The van der Waals surface area contributed by atoms with Crippen LogP contribution in [0, 0.1) is 5.92 Å². The Morgan fingerprint density at radius 2 is 1.82 bits per heavy atom. The highest BCUT2D eigenvalue weighted by atomic mass is 32.2. The topological polar surface area (TPSA) is 105 Å². The minimum Gasteiger partial charge on any atom is -0.402 e. The van der Waals surface area contributed by atoms with Crippen molar-refractivity contribution in [3.8, 4) is 0 Å². The second-order valence-electron chi connectivity index (χ2n) is 9.55. The second kappa shape index (κ2) is 11.6. The minimum absolute atomic E-state index is 0.0353. The maximum Gasteiger partial charge on any atom is 0.327 e. The maximum atomic E-state index is 13.7. The molecule has 4 rings (SSSR count). The van der Waals surface area contributed by atoms with Crippen LogP contribution in [0.15, 0.2) is 24.2 Å². The summed E-state index contributed by atoms with van der Waals surface area (Å²) >= 11 is 1.87. The first-order chi connectivity index (χ1) is 16.5. The molecule has 3 saturated heterocycles. The first-order valence-corrected chi connectivity index (χ1v) is 13.5. The number of nitrogens with one attached hydrogen (secondary N) is 1. The van der Waals surface area contributed by atoms with Gasteiger partial charge in [0, 0.05) is 30.9 Å². The Bertz CT molecular complexity index is 818. The summed E-state index contributed by atoms with van der Waals surface area (Å²) in [6.45, 7) is 1.11. The summed E-state index contributed by atoms with van der Waals surface area (Å²) in [6.07, 6.45) is 9.13. The van der Waals surface area contributed by atoms with Gasteiger partial charge in [-0.2, -0.15) is 11.8 Å². The molecule has 1 aliphatic carbocycles. The second-order valence-corrected chi connectivity index (χ2v) is 10.8. The maximum absolute atomic E-state index is 13.7. The number of nitrogens with two attached hydrogens (primary N) is 1. The third-order valence-electron chi connectivity index (χ3n) is 7.37. The van der Waals surface area contributed by atoms with Crippen LogP contribution in [0.1, 0.15) is 51.4 Å². The molecule has 0 aromatic heterocycles. The van der Waals surface area contributed by atoms with Gasteiger partial charge in [0.25, 0.3) is 0 Å². The van der Waals surface area contributed by atoms with Gasteiger partial charge in [-0.3, -0.25) is 14.5 Å². The average molecular weight is 495 g/mol. The molecule has 4 aliphatic rings. The lowest BCUT2D eigenvalue weighted by Crippen LogP contribution is -2.63. The molecule has 0 aromatic rings. The van der Waals surface area contributed by atoms with Gasteiger partial charge in [-0.1, -0.05) is 6.08 Å². The molecule has 34 heavy (non-hydrogen) atoms. The Kier molecular flexibility index (Phi) is 8.52. The van der Waals surface area contributed by atoms with Gasteiger partial charge >= 0.3 is 6.03 Å². The Labute approximate surface area is 204 Å². The summed E-state index contributed by atoms with van der Waals surface area (Å²) in [5.41, 5.74) is 5.24. The molecular formula is C24H35FN4O4S. The molecular weight excluding hydrogens is 459 g/mol. The Morgan fingerprint density at radius 1 is 1.09 bits per heavy atom. The van der Waals surface area contributed by atoms with E-state index in [2.05, 4.69) is 5.32 Å². The van der Waals surface area contributed by atoms with Crippen LogP contribution >= 0.6 is 11.8 Å². The number of thioether (sulfide) groups is 1. The smallest absolute Gasteiger partial charge is 0.327 e. The zero-order valence-electron chi connectivity index (χ0n) is 19.5. The van der Waals surface area contributed by atoms with Gasteiger partial charge in [-0.05, 0) is 62.5 Å². The van der Waals surface area contributed by atoms with Gasteiger partial charge in [-0.25, -0.2) is 9.18 Å². The van der Waals surface area contributed by atoms with E-state index in [9.17, 15) is 18.8 Å². The van der Waals surface area contributed by atoms with Gasteiger partial charge in [0.1, 0.15) is 5.83 Å². The molecule has 0 aromatic carbocycles. The number of amides is 4. The van der Waals surface area contributed by atoms with Crippen molar-refractivity contribution in [2.45, 2.75) is 75.5 Å². The summed E-state index contributed by atoms with van der Waals surface area (Å²) in [5.74, 6) is 1.09. The van der Waals surface area contributed by atoms with Crippen molar-refractivity contribution in [2.75, 3.05) is 24.7 Å². The number of urea groups is 1. The Morgan fingerprint density at radius 3 is 2.47 bits per heavy atom. The van der Waals surface area contributed by atoms with E-state index >= 15 is 0 Å². The SMILES string of the molecule is N/C=C(F)\C=C/C1CC(=O)N(C2CCC(NC(=O)C3CCOC3)CC2)C(=O)N1C1CCSCC1. The number of allylic oxidation sites excluding steroid dienone is 2. The molecule has 0 bridgehead atoms. The van der Waals surface area contributed by atoms with Crippen molar-refractivity contribution in [1.82, 2.24) is 15.1 Å². The van der Waals surface area contributed by atoms with Crippen molar-refractivity contribution >= 4 is 29.6 Å². The lowest BCUT2D eigenvalue weighted by molar-refractivity contribution is -0.136. The highest BCUT2D eigenvalue weighted by molar-refractivity contribution is 7.99. The largest absolute Gasteiger partial charge is 0.402 e. The highest BCUT2D eigenvalue weighted by Crippen LogP contribution is 2.33. The number of carbonyl (C=O) groups excluding carboxylic acids is 3. The van der Waals surface area contributed by atoms with Gasteiger partial charge in [0.2, 0.25) is 11.8 Å². The predicted octanol–water partition coefficient (Wildman–Crippen LogP) is 2.69. The van der Waals surface area contributed by atoms with Crippen LogP contribution in [-0.4, -0.2) is 76.5 Å². The van der Waals surface area contributed by atoms with E-state index in [4.69, 9.17) is 10.5 Å². The summed E-state index contributed by atoms with van der Waals surface area (Å²) < 4.78 is 19.0. The molecule has 3 aliphatic heterocycles. The Hall–Kier alpha value is -2.07. The zero-order valence-corrected chi connectivity index (χ0v) is 20.3. The van der Waals surface area contributed by atoms with Crippen LogP contribution in [0.3, 0.4) is 0 Å².